The highest BCUT2D eigenvalue weighted by atomic mass is 16.5. The highest BCUT2D eigenvalue weighted by molar-refractivity contribution is 5.69. The molecule has 5 nitrogen and oxygen atoms in total. The zero-order chi connectivity index (χ0) is 11.8. The van der Waals surface area contributed by atoms with E-state index < -0.39 is 0 Å². The van der Waals surface area contributed by atoms with Crippen LogP contribution >= 0.6 is 0 Å². The third-order valence-electron chi connectivity index (χ3n) is 3.00. The summed E-state index contributed by atoms with van der Waals surface area (Å²) in [5, 5.41) is 11.8. The average Bonchev–Trinajstić information content (AvgIpc) is 2.75. The summed E-state index contributed by atoms with van der Waals surface area (Å²) in [6.45, 7) is 5.78. The van der Waals surface area contributed by atoms with Crippen molar-refractivity contribution in [2.45, 2.75) is 26.4 Å². The quantitative estimate of drug-likeness (QED) is 0.740. The molecule has 3 heterocycles. The van der Waals surface area contributed by atoms with Crippen LogP contribution in [0.2, 0.25) is 0 Å². The van der Waals surface area contributed by atoms with E-state index in [0.717, 1.165) is 36.1 Å². The van der Waals surface area contributed by atoms with Gasteiger partial charge in [-0.25, -0.2) is 0 Å². The summed E-state index contributed by atoms with van der Waals surface area (Å²) >= 11 is 0. The zero-order valence-corrected chi connectivity index (χ0v) is 9.90. The molecule has 0 fully saturated rings. The molecular weight excluding hydrogens is 216 g/mol. The lowest BCUT2D eigenvalue weighted by molar-refractivity contribution is 0.353. The Morgan fingerprint density at radius 1 is 1.53 bits per heavy atom. The molecule has 0 amide bonds. The van der Waals surface area contributed by atoms with Gasteiger partial charge in [0.15, 0.2) is 5.82 Å². The number of hydrogen-bond donors (Lipinski definition) is 1. The van der Waals surface area contributed by atoms with Gasteiger partial charge in [0.2, 0.25) is 0 Å². The Kier molecular flexibility index (Phi) is 2.35. The van der Waals surface area contributed by atoms with Crippen LogP contribution in [-0.4, -0.2) is 21.3 Å². The standard InChI is InChI=1S/C12H14N4O/c1-8-3-4-10(7-17-8)12-15-14-11-9(2)13-5-6-16(11)12/h4,7,9,13H,5-6H2,1-2H3. The second-order valence-corrected chi connectivity index (χ2v) is 4.25. The minimum absolute atomic E-state index is 0.247. The fourth-order valence-electron chi connectivity index (χ4n) is 2.07. The van der Waals surface area contributed by atoms with Crippen LogP contribution < -0.4 is 5.32 Å². The van der Waals surface area contributed by atoms with Crippen molar-refractivity contribution in [2.24, 2.45) is 0 Å². The molecule has 0 saturated heterocycles. The molecule has 0 spiro atoms. The largest absolute Gasteiger partial charge is 0.461 e. The Balaban J connectivity index is 2.03. The van der Waals surface area contributed by atoms with E-state index in [1.165, 1.54) is 0 Å². The monoisotopic (exact) mass is 230 g/mol. The molecule has 0 aromatic carbocycles. The number of fused-ring (bicyclic) bond motifs is 1. The summed E-state index contributed by atoms with van der Waals surface area (Å²) in [6, 6.07) is 0.247. The Morgan fingerprint density at radius 3 is 3.18 bits per heavy atom. The fraction of sp³-hybridized carbons (Fsp3) is 0.417. The lowest BCUT2D eigenvalue weighted by atomic mass is 10.2. The molecule has 5 heteroatoms. The highest BCUT2D eigenvalue weighted by Gasteiger charge is 2.22. The van der Waals surface area contributed by atoms with Crippen LogP contribution in [0.15, 0.2) is 23.8 Å². The molecule has 17 heavy (non-hydrogen) atoms. The van der Waals surface area contributed by atoms with Crippen molar-refractivity contribution in [3.63, 3.8) is 0 Å². The van der Waals surface area contributed by atoms with Gasteiger partial charge in [0.25, 0.3) is 0 Å². The smallest absolute Gasteiger partial charge is 0.167 e. The summed E-state index contributed by atoms with van der Waals surface area (Å²) in [5.41, 5.74) is 3.96. The number of allylic oxidation sites excluding steroid dienone is 2. The average molecular weight is 230 g/mol. The first-order valence-corrected chi connectivity index (χ1v) is 5.72. The van der Waals surface area contributed by atoms with Crippen molar-refractivity contribution < 1.29 is 4.74 Å². The van der Waals surface area contributed by atoms with Crippen molar-refractivity contribution in [1.82, 2.24) is 20.1 Å². The molecular formula is C12H14N4O. The van der Waals surface area contributed by atoms with E-state index in [-0.39, 0.29) is 6.04 Å². The Morgan fingerprint density at radius 2 is 2.41 bits per heavy atom. The van der Waals surface area contributed by atoms with Gasteiger partial charge in [0.1, 0.15) is 17.8 Å². The molecule has 2 aliphatic rings. The molecule has 0 saturated carbocycles. The first kappa shape index (κ1) is 10.3. The van der Waals surface area contributed by atoms with Crippen molar-refractivity contribution in [3.05, 3.63) is 35.5 Å². The molecule has 0 bridgehead atoms. The SMILES string of the molecule is CC1=C=CC(c2nnc3n2CCNC3C)=CO1. The van der Waals surface area contributed by atoms with Crippen LogP contribution in [0.1, 0.15) is 31.5 Å². The van der Waals surface area contributed by atoms with E-state index in [9.17, 15) is 0 Å². The molecule has 1 N–H and O–H groups in total. The van der Waals surface area contributed by atoms with E-state index in [1.54, 1.807) is 6.26 Å². The van der Waals surface area contributed by atoms with Gasteiger partial charge < -0.3 is 14.6 Å². The van der Waals surface area contributed by atoms with Gasteiger partial charge in [0, 0.05) is 20.0 Å². The fourth-order valence-corrected chi connectivity index (χ4v) is 2.07. The predicted molar refractivity (Wildman–Crippen MR) is 62.8 cm³/mol. The third kappa shape index (κ3) is 1.69. The van der Waals surface area contributed by atoms with Gasteiger partial charge in [-0.05, 0) is 13.0 Å². The first-order chi connectivity index (χ1) is 8.25. The maximum absolute atomic E-state index is 5.35. The molecule has 2 aliphatic heterocycles. The van der Waals surface area contributed by atoms with Gasteiger partial charge in [-0.1, -0.05) is 5.73 Å². The number of hydrogen-bond acceptors (Lipinski definition) is 4. The normalized spacial score (nSPS) is 22.6. The number of nitrogens with one attached hydrogen (secondary N) is 1. The minimum atomic E-state index is 0.247. The maximum Gasteiger partial charge on any atom is 0.167 e. The Hall–Kier alpha value is -1.84. The molecule has 1 atom stereocenters. The van der Waals surface area contributed by atoms with E-state index in [0.29, 0.717) is 0 Å². The lowest BCUT2D eigenvalue weighted by Gasteiger charge is -2.22. The van der Waals surface area contributed by atoms with Crippen LogP contribution in [0, 0.1) is 0 Å². The maximum atomic E-state index is 5.35. The highest BCUT2D eigenvalue weighted by Crippen LogP contribution is 2.23. The lowest BCUT2D eigenvalue weighted by Crippen LogP contribution is -2.32. The zero-order valence-electron chi connectivity index (χ0n) is 9.90. The molecule has 1 unspecified atom stereocenters. The van der Waals surface area contributed by atoms with Gasteiger partial charge in [-0.2, -0.15) is 0 Å². The minimum Gasteiger partial charge on any atom is -0.461 e. The molecule has 0 aliphatic carbocycles. The van der Waals surface area contributed by atoms with Gasteiger partial charge in [-0.3, -0.25) is 0 Å². The second kappa shape index (κ2) is 3.87. The van der Waals surface area contributed by atoms with Crippen molar-refractivity contribution in [2.75, 3.05) is 6.54 Å². The predicted octanol–water partition coefficient (Wildman–Crippen LogP) is 1.37. The summed E-state index contributed by atoms with van der Waals surface area (Å²) in [6.07, 6.45) is 3.60. The number of aromatic nitrogens is 3. The van der Waals surface area contributed by atoms with Crippen LogP contribution in [0.5, 0.6) is 0 Å². The van der Waals surface area contributed by atoms with Crippen LogP contribution in [0.25, 0.3) is 5.57 Å². The Labute approximate surface area is 99.5 Å². The van der Waals surface area contributed by atoms with E-state index in [4.69, 9.17) is 4.74 Å². The van der Waals surface area contributed by atoms with E-state index in [1.807, 2.05) is 13.0 Å². The Bertz CT molecular complexity index is 549. The third-order valence-corrected chi connectivity index (χ3v) is 3.00. The van der Waals surface area contributed by atoms with Crippen molar-refractivity contribution in [1.29, 1.82) is 0 Å². The van der Waals surface area contributed by atoms with Crippen LogP contribution in [0.3, 0.4) is 0 Å². The molecule has 0 radical (unpaired) electrons. The summed E-state index contributed by atoms with van der Waals surface area (Å²) in [4.78, 5) is 0. The van der Waals surface area contributed by atoms with E-state index >= 15 is 0 Å². The van der Waals surface area contributed by atoms with Gasteiger partial charge in [-0.15, -0.1) is 10.2 Å². The van der Waals surface area contributed by atoms with Crippen molar-refractivity contribution >= 4 is 5.57 Å². The topological polar surface area (TPSA) is 52.0 Å². The number of ether oxygens (including phenoxy) is 1. The summed E-state index contributed by atoms with van der Waals surface area (Å²) in [7, 11) is 0. The first-order valence-electron chi connectivity index (χ1n) is 5.72. The van der Waals surface area contributed by atoms with Gasteiger partial charge in [0.05, 0.1) is 11.6 Å². The van der Waals surface area contributed by atoms with Crippen LogP contribution in [-0.2, 0) is 11.3 Å². The number of rotatable bonds is 1. The van der Waals surface area contributed by atoms with Crippen LogP contribution in [0.4, 0.5) is 0 Å². The number of nitrogens with zero attached hydrogens (tertiary/aromatic N) is 3. The molecule has 88 valence electrons. The molecule has 1 aromatic rings. The molecule has 3 rings (SSSR count). The summed E-state index contributed by atoms with van der Waals surface area (Å²) in [5.74, 6) is 2.60. The van der Waals surface area contributed by atoms with E-state index in [2.05, 4.69) is 32.7 Å². The second-order valence-electron chi connectivity index (χ2n) is 4.25. The van der Waals surface area contributed by atoms with Gasteiger partial charge >= 0.3 is 0 Å². The summed E-state index contributed by atoms with van der Waals surface area (Å²) < 4.78 is 7.48. The van der Waals surface area contributed by atoms with Crippen molar-refractivity contribution in [3.8, 4) is 0 Å². The molecule has 1 aromatic heterocycles.